The molecule has 0 heterocycles. The van der Waals surface area contributed by atoms with Gasteiger partial charge in [-0.15, -0.1) is 0 Å². The first-order valence-corrected chi connectivity index (χ1v) is 6.89. The van der Waals surface area contributed by atoms with Crippen LogP contribution in [0.5, 0.6) is 5.75 Å². The Balaban J connectivity index is 2.21. The molecule has 0 saturated heterocycles. The normalized spacial score (nSPS) is 10.7. The van der Waals surface area contributed by atoms with E-state index in [0.717, 1.165) is 5.56 Å². The van der Waals surface area contributed by atoms with Crippen LogP contribution in [0.2, 0.25) is 15.1 Å². The number of hydrogen-bond acceptors (Lipinski definition) is 2. The summed E-state index contributed by atoms with van der Waals surface area (Å²) in [5.41, 5.74) is 7.07. The Kier molecular flexibility index (Phi) is 5.11. The van der Waals surface area contributed by atoms with E-state index in [2.05, 4.69) is 0 Å². The molecular formula is C14H11Cl3FNO. The molecule has 0 unspecified atom stereocenters. The summed E-state index contributed by atoms with van der Waals surface area (Å²) < 4.78 is 18.8. The van der Waals surface area contributed by atoms with Crippen LogP contribution >= 0.6 is 34.8 Å². The van der Waals surface area contributed by atoms with Crippen LogP contribution in [0.3, 0.4) is 0 Å². The number of nitrogens with two attached hydrogens (primary N) is 1. The fourth-order valence-corrected chi connectivity index (χ4v) is 2.29. The van der Waals surface area contributed by atoms with Gasteiger partial charge in [-0.1, -0.05) is 40.9 Å². The maximum atomic E-state index is 13.2. The Hall–Kier alpha value is -1.000. The SMILES string of the molecule is NCc1ccc(F)cc1COc1cc(Cl)c(Cl)cc1Cl. The summed E-state index contributed by atoms with van der Waals surface area (Å²) in [6.45, 7) is 0.441. The van der Waals surface area contributed by atoms with Gasteiger partial charge in [-0.05, 0) is 29.3 Å². The van der Waals surface area contributed by atoms with Crippen molar-refractivity contribution in [2.24, 2.45) is 5.73 Å². The molecule has 2 nitrogen and oxygen atoms in total. The summed E-state index contributed by atoms with van der Waals surface area (Å²) in [6, 6.07) is 7.39. The Labute approximate surface area is 131 Å². The molecule has 0 saturated carbocycles. The molecule has 0 radical (unpaired) electrons. The van der Waals surface area contributed by atoms with Crippen LogP contribution in [0, 0.1) is 5.82 Å². The number of rotatable bonds is 4. The number of ether oxygens (including phenoxy) is 1. The van der Waals surface area contributed by atoms with Gasteiger partial charge in [-0.3, -0.25) is 0 Å². The zero-order valence-corrected chi connectivity index (χ0v) is 12.6. The Bertz CT molecular complexity index is 634. The third-order valence-corrected chi connectivity index (χ3v) is 3.76. The molecule has 0 aliphatic heterocycles. The maximum absolute atomic E-state index is 13.2. The molecule has 0 spiro atoms. The summed E-state index contributed by atoms with van der Waals surface area (Å²) >= 11 is 17.7. The second-order valence-electron chi connectivity index (χ2n) is 4.10. The van der Waals surface area contributed by atoms with Crippen LogP contribution in [0.1, 0.15) is 11.1 Å². The summed E-state index contributed by atoms with van der Waals surface area (Å²) in [6.07, 6.45) is 0. The number of hydrogen-bond donors (Lipinski definition) is 1. The van der Waals surface area contributed by atoms with E-state index in [4.69, 9.17) is 45.3 Å². The zero-order valence-electron chi connectivity index (χ0n) is 10.3. The maximum Gasteiger partial charge on any atom is 0.139 e. The average Bonchev–Trinajstić information content (AvgIpc) is 2.41. The van der Waals surface area contributed by atoms with Crippen LogP contribution in [-0.2, 0) is 13.2 Å². The van der Waals surface area contributed by atoms with E-state index in [0.29, 0.717) is 32.9 Å². The Morgan fingerprint density at radius 1 is 0.950 bits per heavy atom. The molecule has 0 aromatic heterocycles. The van der Waals surface area contributed by atoms with E-state index in [1.807, 2.05) is 0 Å². The molecular weight excluding hydrogens is 324 g/mol. The fourth-order valence-electron chi connectivity index (χ4n) is 1.70. The standard InChI is InChI=1S/C14H11Cl3FNO/c15-11-4-13(17)14(5-12(11)16)20-7-9-3-10(18)2-1-8(9)6-19/h1-5H,6-7,19H2. The largest absolute Gasteiger partial charge is 0.487 e. The third kappa shape index (κ3) is 3.55. The lowest BCUT2D eigenvalue weighted by Gasteiger charge is -2.12. The van der Waals surface area contributed by atoms with Crippen molar-refractivity contribution in [2.45, 2.75) is 13.2 Å². The molecule has 106 valence electrons. The molecule has 2 rings (SSSR count). The van der Waals surface area contributed by atoms with Gasteiger partial charge >= 0.3 is 0 Å². The Morgan fingerprint density at radius 3 is 2.35 bits per heavy atom. The highest BCUT2D eigenvalue weighted by atomic mass is 35.5. The van der Waals surface area contributed by atoms with Gasteiger partial charge in [0.15, 0.2) is 0 Å². The molecule has 0 aliphatic rings. The fraction of sp³-hybridized carbons (Fsp3) is 0.143. The monoisotopic (exact) mass is 333 g/mol. The van der Waals surface area contributed by atoms with E-state index in [9.17, 15) is 4.39 Å². The molecule has 2 N–H and O–H groups in total. The van der Waals surface area contributed by atoms with Crippen LogP contribution in [0.4, 0.5) is 4.39 Å². The van der Waals surface area contributed by atoms with Crippen molar-refractivity contribution in [2.75, 3.05) is 0 Å². The second-order valence-corrected chi connectivity index (χ2v) is 5.32. The molecule has 0 aliphatic carbocycles. The molecule has 0 bridgehead atoms. The molecule has 0 fully saturated rings. The topological polar surface area (TPSA) is 35.2 Å². The molecule has 20 heavy (non-hydrogen) atoms. The van der Waals surface area contributed by atoms with E-state index >= 15 is 0 Å². The van der Waals surface area contributed by atoms with Gasteiger partial charge in [-0.25, -0.2) is 4.39 Å². The third-order valence-electron chi connectivity index (χ3n) is 2.75. The van der Waals surface area contributed by atoms with Gasteiger partial charge in [0.25, 0.3) is 0 Å². The van der Waals surface area contributed by atoms with Crippen molar-refractivity contribution in [3.8, 4) is 5.75 Å². The van der Waals surface area contributed by atoms with Gasteiger partial charge in [0.2, 0.25) is 0 Å². The van der Waals surface area contributed by atoms with Gasteiger partial charge in [-0.2, -0.15) is 0 Å². The first-order valence-electron chi connectivity index (χ1n) is 5.76. The molecule has 0 amide bonds. The first kappa shape index (κ1) is 15.4. The van der Waals surface area contributed by atoms with Gasteiger partial charge in [0, 0.05) is 12.6 Å². The van der Waals surface area contributed by atoms with Crippen molar-refractivity contribution in [1.29, 1.82) is 0 Å². The summed E-state index contributed by atoms with van der Waals surface area (Å²) in [7, 11) is 0. The van der Waals surface area contributed by atoms with Crippen LogP contribution in [-0.4, -0.2) is 0 Å². The lowest BCUT2D eigenvalue weighted by Crippen LogP contribution is -2.05. The quantitative estimate of drug-likeness (QED) is 0.813. The minimum atomic E-state index is -0.346. The summed E-state index contributed by atoms with van der Waals surface area (Å²) in [5, 5.41) is 1.02. The highest BCUT2D eigenvalue weighted by Gasteiger charge is 2.09. The molecule has 0 atom stereocenters. The number of benzene rings is 2. The smallest absolute Gasteiger partial charge is 0.139 e. The van der Waals surface area contributed by atoms with Gasteiger partial charge < -0.3 is 10.5 Å². The van der Waals surface area contributed by atoms with Gasteiger partial charge in [0.1, 0.15) is 18.2 Å². The van der Waals surface area contributed by atoms with Crippen molar-refractivity contribution < 1.29 is 9.13 Å². The second kappa shape index (κ2) is 6.64. The van der Waals surface area contributed by atoms with E-state index in [-0.39, 0.29) is 12.4 Å². The van der Waals surface area contributed by atoms with Gasteiger partial charge in [0.05, 0.1) is 15.1 Å². The molecule has 2 aromatic carbocycles. The van der Waals surface area contributed by atoms with Crippen molar-refractivity contribution in [3.05, 3.63) is 62.3 Å². The van der Waals surface area contributed by atoms with Crippen LogP contribution < -0.4 is 10.5 Å². The summed E-state index contributed by atoms with van der Waals surface area (Å²) in [4.78, 5) is 0. The van der Waals surface area contributed by atoms with Crippen LogP contribution in [0.25, 0.3) is 0 Å². The lowest BCUT2D eigenvalue weighted by atomic mass is 10.1. The predicted octanol–water partition coefficient (Wildman–Crippen LogP) is 4.82. The van der Waals surface area contributed by atoms with E-state index < -0.39 is 0 Å². The Morgan fingerprint density at radius 2 is 1.65 bits per heavy atom. The minimum absolute atomic E-state index is 0.141. The number of halogens is 4. The van der Waals surface area contributed by atoms with E-state index in [1.165, 1.54) is 24.3 Å². The van der Waals surface area contributed by atoms with Crippen molar-refractivity contribution >= 4 is 34.8 Å². The molecule has 2 aromatic rings. The summed E-state index contributed by atoms with van der Waals surface area (Å²) in [5.74, 6) is 0.0364. The minimum Gasteiger partial charge on any atom is -0.487 e. The lowest BCUT2D eigenvalue weighted by molar-refractivity contribution is 0.304. The highest BCUT2D eigenvalue weighted by molar-refractivity contribution is 6.43. The first-order chi connectivity index (χ1) is 9.51. The van der Waals surface area contributed by atoms with Crippen molar-refractivity contribution in [1.82, 2.24) is 0 Å². The van der Waals surface area contributed by atoms with E-state index in [1.54, 1.807) is 6.07 Å². The zero-order chi connectivity index (χ0) is 14.7. The molecule has 6 heteroatoms. The highest BCUT2D eigenvalue weighted by Crippen LogP contribution is 2.34. The van der Waals surface area contributed by atoms with Crippen LogP contribution in [0.15, 0.2) is 30.3 Å². The average molecular weight is 335 g/mol. The predicted molar refractivity (Wildman–Crippen MR) is 80.1 cm³/mol. The van der Waals surface area contributed by atoms with Crippen molar-refractivity contribution in [3.63, 3.8) is 0 Å².